The van der Waals surface area contributed by atoms with E-state index < -0.39 is 0 Å². The second kappa shape index (κ2) is 6.00. The van der Waals surface area contributed by atoms with Crippen LogP contribution in [0.1, 0.15) is 11.1 Å². The van der Waals surface area contributed by atoms with Gasteiger partial charge in [-0.25, -0.2) is 0 Å². The normalized spacial score (nSPS) is 17.1. The van der Waals surface area contributed by atoms with Crippen molar-refractivity contribution in [3.8, 4) is 5.75 Å². The molecule has 0 radical (unpaired) electrons. The summed E-state index contributed by atoms with van der Waals surface area (Å²) >= 11 is 0. The number of aliphatic hydroxyl groups is 1. The Hall–Kier alpha value is -1.10. The highest BCUT2D eigenvalue weighted by Crippen LogP contribution is 2.25. The molecular weight excluding hydrogens is 216 g/mol. The lowest BCUT2D eigenvalue weighted by Crippen LogP contribution is -2.42. The standard InChI is InChI=1S/C13H20N2O2/c1-17-13-11(3-2-4-12(13)10-16)9-15-7-5-14-6-8-15/h2-4,14,16H,5-10H2,1H3. The lowest BCUT2D eigenvalue weighted by molar-refractivity contribution is 0.228. The lowest BCUT2D eigenvalue weighted by atomic mass is 10.1. The van der Waals surface area contributed by atoms with Gasteiger partial charge in [-0.3, -0.25) is 4.90 Å². The van der Waals surface area contributed by atoms with E-state index in [1.807, 2.05) is 12.1 Å². The van der Waals surface area contributed by atoms with Crippen molar-refractivity contribution in [2.45, 2.75) is 13.2 Å². The Balaban J connectivity index is 2.13. The molecule has 17 heavy (non-hydrogen) atoms. The Morgan fingerprint density at radius 2 is 2.00 bits per heavy atom. The first-order valence-electron chi connectivity index (χ1n) is 6.04. The fraction of sp³-hybridized carbons (Fsp3) is 0.538. The first kappa shape index (κ1) is 12.4. The summed E-state index contributed by atoms with van der Waals surface area (Å²) < 4.78 is 5.41. The van der Waals surface area contributed by atoms with Crippen molar-refractivity contribution in [1.82, 2.24) is 10.2 Å². The van der Waals surface area contributed by atoms with Gasteiger partial charge < -0.3 is 15.2 Å². The zero-order chi connectivity index (χ0) is 12.1. The highest BCUT2D eigenvalue weighted by atomic mass is 16.5. The largest absolute Gasteiger partial charge is 0.496 e. The van der Waals surface area contributed by atoms with E-state index in [2.05, 4.69) is 16.3 Å². The fourth-order valence-electron chi connectivity index (χ4n) is 2.26. The second-order valence-corrected chi connectivity index (χ2v) is 4.29. The maximum absolute atomic E-state index is 9.28. The van der Waals surface area contributed by atoms with E-state index in [-0.39, 0.29) is 6.61 Å². The van der Waals surface area contributed by atoms with E-state index in [1.165, 1.54) is 0 Å². The maximum Gasteiger partial charge on any atom is 0.128 e. The lowest BCUT2D eigenvalue weighted by Gasteiger charge is -2.28. The number of methoxy groups -OCH3 is 1. The van der Waals surface area contributed by atoms with Gasteiger partial charge in [-0.1, -0.05) is 18.2 Å². The number of para-hydroxylation sites is 1. The predicted octanol–water partition coefficient (Wildman–Crippen LogP) is 0.593. The van der Waals surface area contributed by atoms with Crippen LogP contribution in [-0.4, -0.2) is 43.3 Å². The van der Waals surface area contributed by atoms with E-state index in [1.54, 1.807) is 7.11 Å². The number of hydrogen-bond donors (Lipinski definition) is 2. The Morgan fingerprint density at radius 1 is 1.29 bits per heavy atom. The molecule has 0 saturated carbocycles. The Labute approximate surface area is 102 Å². The molecule has 2 N–H and O–H groups in total. The zero-order valence-electron chi connectivity index (χ0n) is 10.3. The second-order valence-electron chi connectivity index (χ2n) is 4.29. The minimum Gasteiger partial charge on any atom is -0.496 e. The molecule has 0 aliphatic carbocycles. The topological polar surface area (TPSA) is 44.7 Å². The summed E-state index contributed by atoms with van der Waals surface area (Å²) in [6.07, 6.45) is 0. The van der Waals surface area contributed by atoms with Crippen LogP contribution in [0, 0.1) is 0 Å². The van der Waals surface area contributed by atoms with E-state index in [9.17, 15) is 5.11 Å². The van der Waals surface area contributed by atoms with Gasteiger partial charge in [-0.15, -0.1) is 0 Å². The van der Waals surface area contributed by atoms with Crippen molar-refractivity contribution in [1.29, 1.82) is 0 Å². The van der Waals surface area contributed by atoms with Crippen LogP contribution in [0.15, 0.2) is 18.2 Å². The molecule has 1 saturated heterocycles. The molecule has 1 fully saturated rings. The first-order valence-corrected chi connectivity index (χ1v) is 6.04. The quantitative estimate of drug-likeness (QED) is 0.803. The van der Waals surface area contributed by atoms with E-state index in [0.717, 1.165) is 49.6 Å². The molecule has 4 nitrogen and oxygen atoms in total. The van der Waals surface area contributed by atoms with E-state index in [4.69, 9.17) is 4.74 Å². The number of benzene rings is 1. The minimum absolute atomic E-state index is 0.0264. The maximum atomic E-state index is 9.28. The van der Waals surface area contributed by atoms with E-state index in [0.29, 0.717) is 0 Å². The van der Waals surface area contributed by atoms with Crippen LogP contribution in [0.4, 0.5) is 0 Å². The first-order chi connectivity index (χ1) is 8.35. The average Bonchev–Trinajstić information content (AvgIpc) is 2.39. The van der Waals surface area contributed by atoms with Crippen LogP contribution in [0.5, 0.6) is 5.75 Å². The highest BCUT2D eigenvalue weighted by molar-refractivity contribution is 5.41. The highest BCUT2D eigenvalue weighted by Gasteiger charge is 2.14. The molecule has 0 aromatic heterocycles. The molecule has 0 spiro atoms. The number of aliphatic hydroxyl groups excluding tert-OH is 1. The molecule has 0 amide bonds. The third-order valence-corrected chi connectivity index (χ3v) is 3.16. The van der Waals surface area contributed by atoms with Crippen LogP contribution in [0.2, 0.25) is 0 Å². The zero-order valence-corrected chi connectivity index (χ0v) is 10.3. The van der Waals surface area contributed by atoms with E-state index >= 15 is 0 Å². The smallest absolute Gasteiger partial charge is 0.128 e. The molecule has 1 heterocycles. The summed E-state index contributed by atoms with van der Waals surface area (Å²) in [4.78, 5) is 2.40. The van der Waals surface area contributed by atoms with Gasteiger partial charge in [0.1, 0.15) is 5.75 Å². The van der Waals surface area contributed by atoms with Gasteiger partial charge in [0, 0.05) is 43.9 Å². The molecule has 2 rings (SSSR count). The Bertz CT molecular complexity index is 362. The Morgan fingerprint density at radius 3 is 2.65 bits per heavy atom. The van der Waals surface area contributed by atoms with Gasteiger partial charge in [0.15, 0.2) is 0 Å². The van der Waals surface area contributed by atoms with Gasteiger partial charge in [0.2, 0.25) is 0 Å². The molecule has 1 aliphatic heterocycles. The van der Waals surface area contributed by atoms with Crippen LogP contribution >= 0.6 is 0 Å². The number of nitrogens with zero attached hydrogens (tertiary/aromatic N) is 1. The molecule has 0 atom stereocenters. The number of piperazine rings is 1. The summed E-state index contributed by atoms with van der Waals surface area (Å²) in [6.45, 7) is 5.13. The summed E-state index contributed by atoms with van der Waals surface area (Å²) in [7, 11) is 1.66. The van der Waals surface area contributed by atoms with Crippen LogP contribution in [-0.2, 0) is 13.2 Å². The van der Waals surface area contributed by atoms with Crippen molar-refractivity contribution >= 4 is 0 Å². The van der Waals surface area contributed by atoms with Crippen molar-refractivity contribution in [2.75, 3.05) is 33.3 Å². The average molecular weight is 236 g/mol. The van der Waals surface area contributed by atoms with Gasteiger partial charge in [0.25, 0.3) is 0 Å². The van der Waals surface area contributed by atoms with Crippen LogP contribution in [0.25, 0.3) is 0 Å². The van der Waals surface area contributed by atoms with Crippen LogP contribution in [0.3, 0.4) is 0 Å². The van der Waals surface area contributed by atoms with Gasteiger partial charge in [0.05, 0.1) is 13.7 Å². The van der Waals surface area contributed by atoms with Crippen LogP contribution < -0.4 is 10.1 Å². The minimum atomic E-state index is 0.0264. The van der Waals surface area contributed by atoms with Gasteiger partial charge in [-0.2, -0.15) is 0 Å². The summed E-state index contributed by atoms with van der Waals surface area (Å²) in [5, 5.41) is 12.6. The third kappa shape index (κ3) is 2.97. The molecule has 94 valence electrons. The van der Waals surface area contributed by atoms with Gasteiger partial charge in [-0.05, 0) is 0 Å². The van der Waals surface area contributed by atoms with Crippen molar-refractivity contribution in [2.24, 2.45) is 0 Å². The summed E-state index contributed by atoms with van der Waals surface area (Å²) in [6, 6.07) is 5.95. The number of hydrogen-bond acceptors (Lipinski definition) is 4. The molecule has 1 aliphatic rings. The predicted molar refractivity (Wildman–Crippen MR) is 67.1 cm³/mol. The molecule has 0 unspecified atom stereocenters. The molecule has 4 heteroatoms. The summed E-state index contributed by atoms with van der Waals surface area (Å²) in [5.74, 6) is 0.827. The molecular formula is C13H20N2O2. The van der Waals surface area contributed by atoms with Crippen molar-refractivity contribution < 1.29 is 9.84 Å². The monoisotopic (exact) mass is 236 g/mol. The number of ether oxygens (including phenoxy) is 1. The van der Waals surface area contributed by atoms with Crippen molar-refractivity contribution in [3.63, 3.8) is 0 Å². The van der Waals surface area contributed by atoms with Crippen molar-refractivity contribution in [3.05, 3.63) is 29.3 Å². The Kier molecular flexibility index (Phi) is 4.36. The SMILES string of the molecule is COc1c(CO)cccc1CN1CCNCC1. The molecule has 0 bridgehead atoms. The fourth-order valence-corrected chi connectivity index (χ4v) is 2.26. The third-order valence-electron chi connectivity index (χ3n) is 3.16. The summed E-state index contributed by atoms with van der Waals surface area (Å²) in [5.41, 5.74) is 2.01. The van der Waals surface area contributed by atoms with Gasteiger partial charge >= 0.3 is 0 Å². The molecule has 1 aromatic rings. The number of nitrogens with one attached hydrogen (secondary N) is 1. The molecule has 1 aromatic carbocycles. The number of rotatable bonds is 4.